The number of nitrogens with two attached hydrogens (primary N) is 1. The number of carbonyl (C=O) groups is 2. The van der Waals surface area contributed by atoms with Crippen LogP contribution in [0, 0.1) is 0 Å². The fraction of sp³-hybridized carbons (Fsp3) is 0.300. The van der Waals surface area contributed by atoms with Crippen LogP contribution >= 0.6 is 12.4 Å². The van der Waals surface area contributed by atoms with E-state index in [1.54, 1.807) is 0 Å². The van der Waals surface area contributed by atoms with Crippen LogP contribution in [0.15, 0.2) is 54.6 Å². The zero-order chi connectivity index (χ0) is 17.6. The van der Waals surface area contributed by atoms with Crippen LogP contribution in [0.5, 0.6) is 0 Å². The molecule has 6 heteroatoms. The van der Waals surface area contributed by atoms with Gasteiger partial charge in [0.25, 0.3) is 0 Å². The Balaban J connectivity index is 0.00000243. The molecule has 1 heterocycles. The van der Waals surface area contributed by atoms with Crippen molar-refractivity contribution in [3.05, 3.63) is 65.7 Å². The average molecular weight is 374 g/mol. The smallest absolute Gasteiger partial charge is 0.229 e. The SMILES string of the molecule is Cl.NCC(C(=O)NCc1ccc(N2CCCC2=O)cc1)c1ccccc1. The van der Waals surface area contributed by atoms with Gasteiger partial charge >= 0.3 is 0 Å². The molecule has 1 unspecified atom stereocenters. The number of rotatable bonds is 6. The van der Waals surface area contributed by atoms with Crippen LogP contribution in [0.2, 0.25) is 0 Å². The molecule has 3 N–H and O–H groups in total. The number of hydrogen-bond acceptors (Lipinski definition) is 3. The molecule has 0 aliphatic carbocycles. The van der Waals surface area contributed by atoms with Gasteiger partial charge in [0.15, 0.2) is 0 Å². The van der Waals surface area contributed by atoms with E-state index in [0.717, 1.165) is 29.8 Å². The highest BCUT2D eigenvalue weighted by Gasteiger charge is 2.21. The van der Waals surface area contributed by atoms with Crippen molar-refractivity contribution in [1.82, 2.24) is 5.32 Å². The lowest BCUT2D eigenvalue weighted by Gasteiger charge is -2.17. The van der Waals surface area contributed by atoms with Gasteiger partial charge in [0, 0.05) is 31.7 Å². The third kappa shape index (κ3) is 4.62. The van der Waals surface area contributed by atoms with Crippen molar-refractivity contribution >= 4 is 29.9 Å². The van der Waals surface area contributed by atoms with E-state index in [1.165, 1.54) is 0 Å². The molecule has 0 bridgehead atoms. The Morgan fingerprint density at radius 3 is 2.38 bits per heavy atom. The molecule has 26 heavy (non-hydrogen) atoms. The molecular formula is C20H24ClN3O2. The largest absolute Gasteiger partial charge is 0.351 e. The lowest BCUT2D eigenvalue weighted by molar-refractivity contribution is -0.122. The maximum Gasteiger partial charge on any atom is 0.229 e. The van der Waals surface area contributed by atoms with E-state index in [9.17, 15) is 9.59 Å². The molecular weight excluding hydrogens is 350 g/mol. The Bertz CT molecular complexity index is 734. The summed E-state index contributed by atoms with van der Waals surface area (Å²) in [6, 6.07) is 17.3. The van der Waals surface area contributed by atoms with Crippen molar-refractivity contribution in [1.29, 1.82) is 0 Å². The van der Waals surface area contributed by atoms with Crippen LogP contribution in [0.4, 0.5) is 5.69 Å². The quantitative estimate of drug-likeness (QED) is 0.817. The highest BCUT2D eigenvalue weighted by molar-refractivity contribution is 5.95. The minimum absolute atomic E-state index is 0. The van der Waals surface area contributed by atoms with Gasteiger partial charge in [0.1, 0.15) is 0 Å². The van der Waals surface area contributed by atoms with Crippen molar-refractivity contribution in [2.45, 2.75) is 25.3 Å². The van der Waals surface area contributed by atoms with Crippen LogP contribution in [-0.4, -0.2) is 24.9 Å². The number of amides is 2. The topological polar surface area (TPSA) is 75.4 Å². The lowest BCUT2D eigenvalue weighted by Crippen LogP contribution is -2.33. The van der Waals surface area contributed by atoms with Crippen LogP contribution in [0.25, 0.3) is 0 Å². The first kappa shape index (κ1) is 19.9. The molecule has 1 aliphatic rings. The zero-order valence-corrected chi connectivity index (χ0v) is 15.4. The van der Waals surface area contributed by atoms with Crippen molar-refractivity contribution in [3.8, 4) is 0 Å². The lowest BCUT2D eigenvalue weighted by atomic mass is 9.98. The third-order valence-electron chi connectivity index (χ3n) is 4.54. The molecule has 5 nitrogen and oxygen atoms in total. The fourth-order valence-electron chi connectivity index (χ4n) is 3.11. The van der Waals surface area contributed by atoms with Crippen molar-refractivity contribution < 1.29 is 9.59 Å². The molecule has 138 valence electrons. The molecule has 1 fully saturated rings. The van der Waals surface area contributed by atoms with Crippen LogP contribution in [0.3, 0.4) is 0 Å². The van der Waals surface area contributed by atoms with Crippen molar-refractivity contribution in [2.75, 3.05) is 18.0 Å². The predicted octanol–water partition coefficient (Wildman–Crippen LogP) is 2.59. The van der Waals surface area contributed by atoms with E-state index >= 15 is 0 Å². The summed E-state index contributed by atoms with van der Waals surface area (Å²) in [6.45, 7) is 1.49. The monoisotopic (exact) mass is 373 g/mol. The molecule has 2 amide bonds. The van der Waals surface area contributed by atoms with Gasteiger partial charge in [-0.05, 0) is 29.7 Å². The van der Waals surface area contributed by atoms with Crippen LogP contribution in [0.1, 0.15) is 29.9 Å². The number of benzene rings is 2. The van der Waals surface area contributed by atoms with Gasteiger partial charge in [0.05, 0.1) is 5.92 Å². The molecule has 0 radical (unpaired) electrons. The Hall–Kier alpha value is -2.37. The van der Waals surface area contributed by atoms with Gasteiger partial charge in [-0.2, -0.15) is 0 Å². The molecule has 3 rings (SSSR count). The summed E-state index contributed by atoms with van der Waals surface area (Å²) in [5.41, 5.74) is 8.61. The molecule has 1 saturated heterocycles. The zero-order valence-electron chi connectivity index (χ0n) is 14.6. The summed E-state index contributed by atoms with van der Waals surface area (Å²) < 4.78 is 0. The molecule has 2 aromatic rings. The highest BCUT2D eigenvalue weighted by Crippen LogP contribution is 2.21. The second kappa shape index (κ2) is 9.36. The van der Waals surface area contributed by atoms with Crippen molar-refractivity contribution in [2.24, 2.45) is 5.73 Å². The average Bonchev–Trinajstić information content (AvgIpc) is 3.08. The number of nitrogens with one attached hydrogen (secondary N) is 1. The van der Waals surface area contributed by atoms with Gasteiger partial charge in [0.2, 0.25) is 11.8 Å². The number of hydrogen-bond donors (Lipinski definition) is 2. The number of carbonyl (C=O) groups excluding carboxylic acids is 2. The first-order chi connectivity index (χ1) is 12.2. The molecule has 2 aromatic carbocycles. The highest BCUT2D eigenvalue weighted by atomic mass is 35.5. The number of nitrogens with zero attached hydrogens (tertiary/aromatic N) is 1. The summed E-state index contributed by atoms with van der Waals surface area (Å²) in [5, 5.41) is 2.95. The molecule has 1 atom stereocenters. The number of anilines is 1. The summed E-state index contributed by atoms with van der Waals surface area (Å²) >= 11 is 0. The normalized spacial score (nSPS) is 14.7. The summed E-state index contributed by atoms with van der Waals surface area (Å²) in [4.78, 5) is 26.0. The minimum atomic E-state index is -0.345. The molecule has 1 aliphatic heterocycles. The Labute approximate surface area is 160 Å². The van der Waals surface area contributed by atoms with E-state index < -0.39 is 0 Å². The van der Waals surface area contributed by atoms with Crippen LogP contribution in [-0.2, 0) is 16.1 Å². The van der Waals surface area contributed by atoms with Crippen molar-refractivity contribution in [3.63, 3.8) is 0 Å². The van der Waals surface area contributed by atoms with Gasteiger partial charge in [-0.25, -0.2) is 0 Å². The number of halogens is 1. The predicted molar refractivity (Wildman–Crippen MR) is 105 cm³/mol. The summed E-state index contributed by atoms with van der Waals surface area (Å²) in [5.74, 6) is -0.245. The molecule has 0 aromatic heterocycles. The van der Waals surface area contributed by atoms with Gasteiger partial charge in [-0.3, -0.25) is 9.59 Å². The minimum Gasteiger partial charge on any atom is -0.351 e. The maximum absolute atomic E-state index is 12.4. The maximum atomic E-state index is 12.4. The van der Waals surface area contributed by atoms with Gasteiger partial charge in [-0.15, -0.1) is 12.4 Å². The Morgan fingerprint density at radius 1 is 1.12 bits per heavy atom. The van der Waals surface area contributed by atoms with Crippen LogP contribution < -0.4 is 16.0 Å². The van der Waals surface area contributed by atoms with E-state index in [4.69, 9.17) is 5.73 Å². The molecule has 0 saturated carbocycles. The van der Waals surface area contributed by atoms with E-state index in [0.29, 0.717) is 13.0 Å². The second-order valence-electron chi connectivity index (χ2n) is 6.23. The van der Waals surface area contributed by atoms with Gasteiger partial charge in [-0.1, -0.05) is 42.5 Å². The third-order valence-corrected chi connectivity index (χ3v) is 4.54. The summed E-state index contributed by atoms with van der Waals surface area (Å²) in [6.07, 6.45) is 1.54. The second-order valence-corrected chi connectivity index (χ2v) is 6.23. The van der Waals surface area contributed by atoms with E-state index in [2.05, 4.69) is 5.32 Å². The Morgan fingerprint density at radius 2 is 1.81 bits per heavy atom. The standard InChI is InChI=1S/C20H23N3O2.ClH/c21-13-18(16-5-2-1-3-6-16)20(25)22-14-15-8-10-17(11-9-15)23-12-4-7-19(23)24;/h1-3,5-6,8-11,18H,4,7,12-14,21H2,(H,22,25);1H. The van der Waals surface area contributed by atoms with Gasteiger partial charge < -0.3 is 16.0 Å². The summed E-state index contributed by atoms with van der Waals surface area (Å²) in [7, 11) is 0. The first-order valence-corrected chi connectivity index (χ1v) is 8.61. The molecule has 0 spiro atoms. The Kier molecular flexibility index (Phi) is 7.18. The fourth-order valence-corrected chi connectivity index (χ4v) is 3.11. The van der Waals surface area contributed by atoms with E-state index in [-0.39, 0.29) is 36.7 Å². The van der Waals surface area contributed by atoms with E-state index in [1.807, 2.05) is 59.5 Å². The first-order valence-electron chi connectivity index (χ1n) is 8.61.